The smallest absolute Gasteiger partial charge is 0.191 e. The van der Waals surface area contributed by atoms with E-state index in [1.807, 2.05) is 11.4 Å². The maximum absolute atomic E-state index is 5.96. The van der Waals surface area contributed by atoms with Crippen molar-refractivity contribution < 1.29 is 0 Å². The molecule has 2 N–H and O–H groups in total. The van der Waals surface area contributed by atoms with Crippen LogP contribution >= 0.6 is 34.4 Å². The maximum Gasteiger partial charge on any atom is 0.191 e. The molecule has 0 atom stereocenters. The molecule has 110 valence electrons. The van der Waals surface area contributed by atoms with Crippen LogP contribution in [0.4, 0.5) is 5.82 Å². The average Bonchev–Trinajstić information content (AvgIpc) is 3.04. The second-order valence-corrected chi connectivity index (χ2v) is 8.48. The van der Waals surface area contributed by atoms with Gasteiger partial charge in [-0.15, -0.1) is 22.7 Å². The zero-order chi connectivity index (χ0) is 15.0. The van der Waals surface area contributed by atoms with E-state index < -0.39 is 0 Å². The van der Waals surface area contributed by atoms with Crippen molar-refractivity contribution in [3.05, 3.63) is 27.5 Å². The van der Waals surface area contributed by atoms with E-state index in [0.29, 0.717) is 5.82 Å². The van der Waals surface area contributed by atoms with Crippen molar-refractivity contribution in [2.45, 2.75) is 37.1 Å². The summed E-state index contributed by atoms with van der Waals surface area (Å²) >= 11 is 4.86. The molecule has 7 heteroatoms. The monoisotopic (exact) mass is 336 g/mol. The minimum atomic E-state index is 0.0935. The lowest BCUT2D eigenvalue weighted by Crippen LogP contribution is -2.11. The van der Waals surface area contributed by atoms with E-state index >= 15 is 0 Å². The molecule has 0 aromatic carbocycles. The molecule has 0 fully saturated rings. The number of nitrogen functional groups attached to an aromatic ring is 1. The fraction of sp³-hybridized carbons (Fsp3) is 0.357. The van der Waals surface area contributed by atoms with Crippen LogP contribution in [0.25, 0.3) is 10.2 Å². The highest BCUT2D eigenvalue weighted by Gasteiger charge is 2.17. The van der Waals surface area contributed by atoms with Gasteiger partial charge in [-0.1, -0.05) is 32.5 Å². The topological polar surface area (TPSA) is 64.7 Å². The Balaban J connectivity index is 1.75. The van der Waals surface area contributed by atoms with Crippen molar-refractivity contribution in [2.75, 3.05) is 5.73 Å². The first-order valence-electron chi connectivity index (χ1n) is 6.52. The molecular formula is C14H16N4S3. The highest BCUT2D eigenvalue weighted by molar-refractivity contribution is 7.98. The number of hydrogen-bond acceptors (Lipinski definition) is 7. The highest BCUT2D eigenvalue weighted by atomic mass is 32.2. The largest absolute Gasteiger partial charge is 0.383 e. The number of hydrogen-bond donors (Lipinski definition) is 1. The molecule has 4 nitrogen and oxygen atoms in total. The summed E-state index contributed by atoms with van der Waals surface area (Å²) in [6.45, 7) is 6.52. The van der Waals surface area contributed by atoms with Gasteiger partial charge < -0.3 is 5.73 Å². The van der Waals surface area contributed by atoms with Crippen LogP contribution in [0.2, 0.25) is 0 Å². The molecule has 0 aliphatic heterocycles. The summed E-state index contributed by atoms with van der Waals surface area (Å²) < 4.78 is 0. The van der Waals surface area contributed by atoms with Gasteiger partial charge in [0.05, 0.1) is 16.8 Å². The van der Waals surface area contributed by atoms with E-state index in [-0.39, 0.29) is 5.41 Å². The number of nitrogens with zero attached hydrogens (tertiary/aromatic N) is 3. The van der Waals surface area contributed by atoms with Crippen LogP contribution in [0.5, 0.6) is 0 Å². The van der Waals surface area contributed by atoms with Gasteiger partial charge >= 0.3 is 0 Å². The summed E-state index contributed by atoms with van der Waals surface area (Å²) in [5.41, 5.74) is 7.19. The van der Waals surface area contributed by atoms with Crippen molar-refractivity contribution in [1.29, 1.82) is 0 Å². The number of anilines is 1. The molecule has 0 radical (unpaired) electrons. The molecule has 21 heavy (non-hydrogen) atoms. The van der Waals surface area contributed by atoms with Gasteiger partial charge in [0.25, 0.3) is 0 Å². The standard InChI is InChI=1S/C14H16N4S3/c1-14(2,3)9-6-20-10(16-9)7-21-13-17-11(15)8-4-5-19-12(8)18-13/h4-6H,7H2,1-3H3,(H2,15,17,18). The number of thiophene rings is 1. The third-order valence-electron chi connectivity index (χ3n) is 2.98. The normalized spacial score (nSPS) is 12.1. The van der Waals surface area contributed by atoms with Crippen molar-refractivity contribution >= 4 is 50.5 Å². The fourth-order valence-electron chi connectivity index (χ4n) is 1.77. The molecule has 0 amide bonds. The molecule has 3 aromatic heterocycles. The van der Waals surface area contributed by atoms with Crippen LogP contribution in [-0.2, 0) is 11.2 Å². The summed E-state index contributed by atoms with van der Waals surface area (Å²) in [4.78, 5) is 14.5. The van der Waals surface area contributed by atoms with Crippen LogP contribution in [0.3, 0.4) is 0 Å². The van der Waals surface area contributed by atoms with Crippen molar-refractivity contribution in [3.63, 3.8) is 0 Å². The van der Waals surface area contributed by atoms with Crippen LogP contribution < -0.4 is 5.73 Å². The number of fused-ring (bicyclic) bond motifs is 1. The summed E-state index contributed by atoms with van der Waals surface area (Å²) in [7, 11) is 0. The lowest BCUT2D eigenvalue weighted by atomic mass is 9.93. The molecule has 3 aromatic rings. The summed E-state index contributed by atoms with van der Waals surface area (Å²) in [6.07, 6.45) is 0. The Labute approximate surface area is 135 Å². The second-order valence-electron chi connectivity index (χ2n) is 5.70. The molecule has 3 heterocycles. The van der Waals surface area contributed by atoms with Crippen LogP contribution in [0.1, 0.15) is 31.5 Å². The second kappa shape index (κ2) is 5.55. The molecular weight excluding hydrogens is 320 g/mol. The van der Waals surface area contributed by atoms with Crippen molar-refractivity contribution in [3.8, 4) is 0 Å². The van der Waals surface area contributed by atoms with Crippen molar-refractivity contribution in [1.82, 2.24) is 15.0 Å². The van der Waals surface area contributed by atoms with Crippen molar-refractivity contribution in [2.24, 2.45) is 0 Å². The minimum Gasteiger partial charge on any atom is -0.383 e. The molecule has 0 bridgehead atoms. The van der Waals surface area contributed by atoms with Gasteiger partial charge in [-0.05, 0) is 11.4 Å². The van der Waals surface area contributed by atoms with Gasteiger partial charge in [0, 0.05) is 10.8 Å². The first-order valence-corrected chi connectivity index (χ1v) is 9.26. The molecule has 0 spiro atoms. The lowest BCUT2D eigenvalue weighted by Gasteiger charge is -2.14. The number of nitrogens with two attached hydrogens (primary N) is 1. The zero-order valence-corrected chi connectivity index (χ0v) is 14.5. The van der Waals surface area contributed by atoms with Crippen LogP contribution in [-0.4, -0.2) is 15.0 Å². The fourth-order valence-corrected chi connectivity index (χ4v) is 4.49. The first-order chi connectivity index (χ1) is 9.93. The number of aromatic nitrogens is 3. The first kappa shape index (κ1) is 14.7. The Kier molecular flexibility index (Phi) is 3.90. The Bertz CT molecular complexity index is 770. The van der Waals surface area contributed by atoms with Gasteiger partial charge in [-0.3, -0.25) is 0 Å². The predicted octanol–water partition coefficient (Wildman–Crippen LogP) is 4.32. The van der Waals surface area contributed by atoms with Gasteiger partial charge in [0.2, 0.25) is 0 Å². The summed E-state index contributed by atoms with van der Waals surface area (Å²) in [5.74, 6) is 1.33. The van der Waals surface area contributed by atoms with Gasteiger partial charge in [0.1, 0.15) is 15.7 Å². The number of thiazole rings is 1. The molecule has 0 saturated carbocycles. The van der Waals surface area contributed by atoms with Gasteiger partial charge in [-0.25, -0.2) is 15.0 Å². The Morgan fingerprint density at radius 1 is 1.19 bits per heavy atom. The molecule has 0 unspecified atom stereocenters. The summed E-state index contributed by atoms with van der Waals surface area (Å²) in [5, 5.41) is 6.87. The SMILES string of the molecule is CC(C)(C)c1csc(CSc2nc(N)c3ccsc3n2)n1. The summed E-state index contributed by atoms with van der Waals surface area (Å²) in [6, 6.07) is 1.96. The van der Waals surface area contributed by atoms with Gasteiger partial charge in [-0.2, -0.15) is 0 Å². The molecule has 3 rings (SSSR count). The van der Waals surface area contributed by atoms with E-state index in [4.69, 9.17) is 5.73 Å². The van der Waals surface area contributed by atoms with Crippen LogP contribution in [0.15, 0.2) is 22.0 Å². The maximum atomic E-state index is 5.96. The van der Waals surface area contributed by atoms with E-state index in [1.165, 1.54) is 0 Å². The molecule has 0 aliphatic carbocycles. The van der Waals surface area contributed by atoms with E-state index in [9.17, 15) is 0 Å². The van der Waals surface area contributed by atoms with E-state index in [0.717, 1.165) is 31.8 Å². The molecule has 0 saturated heterocycles. The van der Waals surface area contributed by atoms with Gasteiger partial charge in [0.15, 0.2) is 5.16 Å². The third-order valence-corrected chi connectivity index (χ3v) is 5.68. The quantitative estimate of drug-likeness (QED) is 0.570. The zero-order valence-electron chi connectivity index (χ0n) is 12.1. The molecule has 0 aliphatic rings. The predicted molar refractivity (Wildman–Crippen MR) is 92.2 cm³/mol. The third kappa shape index (κ3) is 3.20. The number of thioether (sulfide) groups is 1. The lowest BCUT2D eigenvalue weighted by molar-refractivity contribution is 0.572. The number of rotatable bonds is 3. The van der Waals surface area contributed by atoms with E-state index in [2.05, 4.69) is 41.1 Å². The average molecular weight is 337 g/mol. The Hall–Kier alpha value is -1.18. The van der Waals surface area contributed by atoms with E-state index in [1.54, 1.807) is 34.4 Å². The van der Waals surface area contributed by atoms with Crippen LogP contribution in [0, 0.1) is 0 Å². The Morgan fingerprint density at radius 2 is 2.00 bits per heavy atom. The minimum absolute atomic E-state index is 0.0935. The Morgan fingerprint density at radius 3 is 2.71 bits per heavy atom. The highest BCUT2D eigenvalue weighted by Crippen LogP contribution is 2.30.